The number of benzene rings is 1. The molecule has 0 saturated carbocycles. The van der Waals surface area contributed by atoms with E-state index in [1.54, 1.807) is 6.21 Å². The highest BCUT2D eigenvalue weighted by Gasteiger charge is 2.45. The van der Waals surface area contributed by atoms with Gasteiger partial charge in [0.05, 0.1) is 19.4 Å². The molecule has 3 heterocycles. The third kappa shape index (κ3) is 4.01. The number of aromatic nitrogens is 4. The number of hydrogen-bond acceptors (Lipinski definition) is 11. The van der Waals surface area contributed by atoms with Crippen molar-refractivity contribution in [2.75, 3.05) is 24.4 Å². The minimum Gasteiger partial charge on any atom is -0.494 e. The van der Waals surface area contributed by atoms with Gasteiger partial charge < -0.3 is 30.5 Å². The van der Waals surface area contributed by atoms with Gasteiger partial charge in [-0.1, -0.05) is 12.1 Å². The molecule has 1 fully saturated rings. The predicted molar refractivity (Wildman–Crippen MR) is 112 cm³/mol. The van der Waals surface area contributed by atoms with Gasteiger partial charge in [0, 0.05) is 0 Å². The second-order valence-corrected chi connectivity index (χ2v) is 6.84. The molecule has 0 spiro atoms. The highest BCUT2D eigenvalue weighted by Crippen LogP contribution is 2.35. The van der Waals surface area contributed by atoms with Crippen LogP contribution in [0.4, 0.5) is 11.8 Å². The van der Waals surface area contributed by atoms with Crippen molar-refractivity contribution in [3.05, 3.63) is 36.2 Å². The van der Waals surface area contributed by atoms with Crippen LogP contribution in [0.15, 0.2) is 35.7 Å². The summed E-state index contributed by atoms with van der Waals surface area (Å²) in [7, 11) is 0. The lowest BCUT2D eigenvalue weighted by Crippen LogP contribution is -2.33. The number of ether oxygens (including phenoxy) is 2. The van der Waals surface area contributed by atoms with Gasteiger partial charge in [-0.2, -0.15) is 5.10 Å². The normalized spacial score (nSPS) is 23.6. The first-order chi connectivity index (χ1) is 15.0. The lowest BCUT2D eigenvalue weighted by molar-refractivity contribution is -0.0501. The van der Waals surface area contributed by atoms with E-state index in [2.05, 4.69) is 25.5 Å². The van der Waals surface area contributed by atoms with Crippen molar-refractivity contribution < 1.29 is 24.8 Å². The number of nitrogens with one attached hydrogen (secondary N) is 1. The van der Waals surface area contributed by atoms with E-state index in [0.29, 0.717) is 12.4 Å². The van der Waals surface area contributed by atoms with Crippen LogP contribution < -0.4 is 15.9 Å². The molecule has 31 heavy (non-hydrogen) atoms. The number of hydrogen-bond donors (Lipinski definition) is 5. The van der Waals surface area contributed by atoms with E-state index in [-0.39, 0.29) is 22.9 Å². The summed E-state index contributed by atoms with van der Waals surface area (Å²) in [5.74, 6) is 1.01. The molecule has 3 aromatic rings. The topological polar surface area (TPSA) is 173 Å². The van der Waals surface area contributed by atoms with Crippen LogP contribution in [0.3, 0.4) is 0 Å². The molecule has 1 aromatic carbocycles. The lowest BCUT2D eigenvalue weighted by Gasteiger charge is -2.18. The number of anilines is 2. The molecule has 0 amide bonds. The first-order valence-corrected chi connectivity index (χ1v) is 9.66. The second kappa shape index (κ2) is 8.81. The monoisotopic (exact) mass is 429 g/mol. The van der Waals surface area contributed by atoms with E-state index in [9.17, 15) is 15.3 Å². The molecule has 12 heteroatoms. The van der Waals surface area contributed by atoms with Gasteiger partial charge in [-0.25, -0.2) is 20.4 Å². The molecule has 6 N–H and O–H groups in total. The maximum absolute atomic E-state index is 10.5. The number of nitrogen functional groups attached to an aromatic ring is 1. The number of nitrogens with two attached hydrogens (primary N) is 1. The Morgan fingerprint density at radius 2 is 2.16 bits per heavy atom. The number of imidazole rings is 1. The number of aliphatic hydroxyl groups excluding tert-OH is 3. The van der Waals surface area contributed by atoms with Crippen LogP contribution in [0.1, 0.15) is 18.7 Å². The highest BCUT2D eigenvalue weighted by atomic mass is 16.6. The molecule has 4 atom stereocenters. The Kier molecular flexibility index (Phi) is 5.95. The van der Waals surface area contributed by atoms with E-state index in [0.717, 1.165) is 5.56 Å². The Morgan fingerprint density at radius 3 is 2.90 bits per heavy atom. The molecule has 1 aliphatic rings. The Bertz CT molecular complexity index is 1090. The SMILES string of the molecule is CCOc1cccc(C=NNc2nc3c(N)ncnc3n2C2OC(CO)C(O)C2O)c1. The van der Waals surface area contributed by atoms with Gasteiger partial charge >= 0.3 is 0 Å². The van der Waals surface area contributed by atoms with Crippen LogP contribution in [0.2, 0.25) is 0 Å². The van der Waals surface area contributed by atoms with E-state index in [1.807, 2.05) is 31.2 Å². The molecule has 164 valence electrons. The van der Waals surface area contributed by atoms with Crippen molar-refractivity contribution in [2.45, 2.75) is 31.5 Å². The largest absolute Gasteiger partial charge is 0.494 e. The fraction of sp³-hybridized carbons (Fsp3) is 0.368. The molecule has 4 unspecified atom stereocenters. The molecule has 1 aliphatic heterocycles. The van der Waals surface area contributed by atoms with Gasteiger partial charge in [0.25, 0.3) is 0 Å². The number of rotatable bonds is 7. The summed E-state index contributed by atoms with van der Waals surface area (Å²) in [6.45, 7) is 1.99. The minimum atomic E-state index is -1.34. The summed E-state index contributed by atoms with van der Waals surface area (Å²) >= 11 is 0. The zero-order valence-electron chi connectivity index (χ0n) is 16.7. The smallest absolute Gasteiger partial charge is 0.228 e. The fourth-order valence-electron chi connectivity index (χ4n) is 3.36. The van der Waals surface area contributed by atoms with Crippen molar-refractivity contribution in [1.82, 2.24) is 19.5 Å². The number of hydrazone groups is 1. The first kappa shape index (κ1) is 20.9. The highest BCUT2D eigenvalue weighted by molar-refractivity contribution is 5.84. The molecule has 0 radical (unpaired) electrons. The molecule has 12 nitrogen and oxygen atoms in total. The van der Waals surface area contributed by atoms with E-state index < -0.39 is 31.1 Å². The average molecular weight is 429 g/mol. The number of fused-ring (bicyclic) bond motifs is 1. The zero-order valence-corrected chi connectivity index (χ0v) is 16.7. The number of nitrogens with zero attached hydrogens (tertiary/aromatic N) is 5. The standard InChI is InChI=1S/C19H23N7O5/c1-2-30-11-5-3-4-10(6-11)7-23-25-19-24-13-16(20)21-9-22-17(13)26(19)18-15(29)14(28)12(8-27)31-18/h3-7,9,12,14-15,18,27-29H,2,8H2,1H3,(H,24,25)(H2,20,21,22). The van der Waals surface area contributed by atoms with E-state index in [1.165, 1.54) is 10.9 Å². The van der Waals surface area contributed by atoms with Gasteiger partial charge in [0.2, 0.25) is 5.95 Å². The molecule has 1 saturated heterocycles. The molecule has 0 aliphatic carbocycles. The van der Waals surface area contributed by atoms with Gasteiger partial charge in [-0.15, -0.1) is 0 Å². The van der Waals surface area contributed by atoms with Gasteiger partial charge in [0.15, 0.2) is 23.2 Å². The van der Waals surface area contributed by atoms with Gasteiger partial charge in [0.1, 0.15) is 30.4 Å². The Labute approximate surface area is 177 Å². The molecule has 2 aromatic heterocycles. The van der Waals surface area contributed by atoms with Crippen molar-refractivity contribution in [3.8, 4) is 5.75 Å². The fourth-order valence-corrected chi connectivity index (χ4v) is 3.36. The average Bonchev–Trinajstić information content (AvgIpc) is 3.27. The minimum absolute atomic E-state index is 0.131. The van der Waals surface area contributed by atoms with E-state index in [4.69, 9.17) is 15.2 Å². The summed E-state index contributed by atoms with van der Waals surface area (Å²) in [4.78, 5) is 12.5. The van der Waals surface area contributed by atoms with Crippen LogP contribution in [0.25, 0.3) is 11.2 Å². The van der Waals surface area contributed by atoms with Crippen LogP contribution in [0.5, 0.6) is 5.75 Å². The van der Waals surface area contributed by atoms with Crippen LogP contribution >= 0.6 is 0 Å². The summed E-state index contributed by atoms with van der Waals surface area (Å²) in [6.07, 6.45) is -1.84. The Balaban J connectivity index is 1.67. The third-order valence-corrected chi connectivity index (χ3v) is 4.82. The molecular weight excluding hydrogens is 406 g/mol. The van der Waals surface area contributed by atoms with Crippen LogP contribution in [0, 0.1) is 0 Å². The van der Waals surface area contributed by atoms with Crippen molar-refractivity contribution in [2.24, 2.45) is 5.10 Å². The summed E-state index contributed by atoms with van der Waals surface area (Å²) in [5.41, 5.74) is 10.1. The summed E-state index contributed by atoms with van der Waals surface area (Å²) in [6, 6.07) is 7.37. The number of aliphatic hydroxyl groups is 3. The Hall–Kier alpha value is -3.32. The molecule has 4 rings (SSSR count). The van der Waals surface area contributed by atoms with Crippen LogP contribution in [-0.2, 0) is 4.74 Å². The first-order valence-electron chi connectivity index (χ1n) is 9.66. The Morgan fingerprint density at radius 1 is 1.32 bits per heavy atom. The summed E-state index contributed by atoms with van der Waals surface area (Å²) in [5, 5.41) is 34.2. The van der Waals surface area contributed by atoms with E-state index >= 15 is 0 Å². The van der Waals surface area contributed by atoms with Crippen molar-refractivity contribution in [1.29, 1.82) is 0 Å². The third-order valence-electron chi connectivity index (χ3n) is 4.82. The van der Waals surface area contributed by atoms with Crippen molar-refractivity contribution >= 4 is 29.1 Å². The lowest BCUT2D eigenvalue weighted by atomic mass is 10.1. The quantitative estimate of drug-likeness (QED) is 0.251. The molecular formula is C19H23N7O5. The zero-order chi connectivity index (χ0) is 22.0. The van der Waals surface area contributed by atoms with Crippen molar-refractivity contribution in [3.63, 3.8) is 0 Å². The maximum Gasteiger partial charge on any atom is 0.228 e. The molecule has 0 bridgehead atoms. The predicted octanol–water partition coefficient (Wildman–Crippen LogP) is -0.135. The second-order valence-electron chi connectivity index (χ2n) is 6.84. The van der Waals surface area contributed by atoms with Gasteiger partial charge in [-0.05, 0) is 24.6 Å². The maximum atomic E-state index is 10.5. The van der Waals surface area contributed by atoms with Crippen LogP contribution in [-0.4, -0.2) is 72.6 Å². The summed E-state index contributed by atoms with van der Waals surface area (Å²) < 4.78 is 12.5. The van der Waals surface area contributed by atoms with Gasteiger partial charge in [-0.3, -0.25) is 4.57 Å².